The van der Waals surface area contributed by atoms with Crippen LogP contribution in [0.2, 0.25) is 5.02 Å². The lowest BCUT2D eigenvalue weighted by molar-refractivity contribution is 0.0950. The van der Waals surface area contributed by atoms with Crippen molar-refractivity contribution in [3.05, 3.63) is 52.3 Å². The van der Waals surface area contributed by atoms with E-state index in [9.17, 15) is 4.79 Å². The van der Waals surface area contributed by atoms with Crippen molar-refractivity contribution in [1.29, 1.82) is 0 Å². The molecule has 5 heteroatoms. The molecule has 1 aromatic heterocycles. The van der Waals surface area contributed by atoms with Crippen LogP contribution in [0.15, 0.2) is 30.5 Å². The van der Waals surface area contributed by atoms with Crippen LogP contribution < -0.4 is 5.32 Å². The number of nitrogens with one attached hydrogen (secondary N) is 1. The minimum atomic E-state index is -0.128. The standard InChI is InChI=1S/C14H16ClN3O/c1-3-18-10(2)12(9-17-18)14(19)16-8-11-6-4-5-7-13(11)15/h4-7,9H,3,8H2,1-2H3,(H,16,19). The number of aryl methyl sites for hydroxylation is 1. The summed E-state index contributed by atoms with van der Waals surface area (Å²) in [6.45, 7) is 5.05. The third kappa shape index (κ3) is 2.96. The molecule has 1 heterocycles. The van der Waals surface area contributed by atoms with E-state index in [1.165, 1.54) is 0 Å². The van der Waals surface area contributed by atoms with Gasteiger partial charge in [0.2, 0.25) is 0 Å². The Labute approximate surface area is 117 Å². The van der Waals surface area contributed by atoms with E-state index in [2.05, 4.69) is 10.4 Å². The fourth-order valence-corrected chi connectivity index (χ4v) is 2.10. The Morgan fingerprint density at radius 2 is 2.16 bits per heavy atom. The zero-order chi connectivity index (χ0) is 13.8. The van der Waals surface area contributed by atoms with Crippen molar-refractivity contribution in [3.8, 4) is 0 Å². The molecule has 1 aromatic carbocycles. The van der Waals surface area contributed by atoms with Crippen molar-refractivity contribution >= 4 is 17.5 Å². The largest absolute Gasteiger partial charge is 0.348 e. The van der Waals surface area contributed by atoms with Gasteiger partial charge in [0.15, 0.2) is 0 Å². The summed E-state index contributed by atoms with van der Waals surface area (Å²) in [5.41, 5.74) is 2.38. The lowest BCUT2D eigenvalue weighted by Crippen LogP contribution is -2.23. The number of amides is 1. The summed E-state index contributed by atoms with van der Waals surface area (Å²) in [6.07, 6.45) is 1.60. The lowest BCUT2D eigenvalue weighted by Gasteiger charge is -2.07. The maximum absolute atomic E-state index is 12.1. The molecule has 100 valence electrons. The van der Waals surface area contributed by atoms with Gasteiger partial charge in [0, 0.05) is 23.8 Å². The van der Waals surface area contributed by atoms with Gasteiger partial charge in [-0.15, -0.1) is 0 Å². The zero-order valence-electron chi connectivity index (χ0n) is 11.0. The van der Waals surface area contributed by atoms with E-state index in [0.29, 0.717) is 17.1 Å². The fraction of sp³-hybridized carbons (Fsp3) is 0.286. The van der Waals surface area contributed by atoms with Crippen molar-refractivity contribution in [1.82, 2.24) is 15.1 Å². The van der Waals surface area contributed by atoms with E-state index < -0.39 is 0 Å². The number of hydrogen-bond acceptors (Lipinski definition) is 2. The lowest BCUT2D eigenvalue weighted by atomic mass is 10.2. The van der Waals surface area contributed by atoms with E-state index in [-0.39, 0.29) is 5.91 Å². The Morgan fingerprint density at radius 3 is 2.79 bits per heavy atom. The first-order valence-electron chi connectivity index (χ1n) is 6.17. The second-order valence-electron chi connectivity index (χ2n) is 4.23. The number of carbonyl (C=O) groups excluding carboxylic acids is 1. The molecule has 0 spiro atoms. The molecule has 0 unspecified atom stereocenters. The molecule has 0 fully saturated rings. The molecule has 0 aliphatic heterocycles. The third-order valence-electron chi connectivity index (χ3n) is 3.04. The number of hydrogen-bond donors (Lipinski definition) is 1. The van der Waals surface area contributed by atoms with Crippen molar-refractivity contribution < 1.29 is 4.79 Å². The SMILES string of the molecule is CCn1ncc(C(=O)NCc2ccccc2Cl)c1C. The Morgan fingerprint density at radius 1 is 1.42 bits per heavy atom. The molecular formula is C14H16ClN3O. The predicted octanol–water partition coefficient (Wildman–Crippen LogP) is 2.79. The summed E-state index contributed by atoms with van der Waals surface area (Å²) in [4.78, 5) is 12.1. The predicted molar refractivity (Wildman–Crippen MR) is 75.3 cm³/mol. The first kappa shape index (κ1) is 13.6. The Balaban J connectivity index is 2.06. The summed E-state index contributed by atoms with van der Waals surface area (Å²) in [5, 5.41) is 7.67. The summed E-state index contributed by atoms with van der Waals surface area (Å²) >= 11 is 6.04. The summed E-state index contributed by atoms with van der Waals surface area (Å²) < 4.78 is 1.80. The van der Waals surface area contributed by atoms with Crippen LogP contribution >= 0.6 is 11.6 Å². The minimum absolute atomic E-state index is 0.128. The van der Waals surface area contributed by atoms with Crippen molar-refractivity contribution in [2.24, 2.45) is 0 Å². The highest BCUT2D eigenvalue weighted by molar-refractivity contribution is 6.31. The molecule has 1 amide bonds. The first-order chi connectivity index (χ1) is 9.13. The normalized spacial score (nSPS) is 10.5. The van der Waals surface area contributed by atoms with Gasteiger partial charge in [-0.1, -0.05) is 29.8 Å². The maximum Gasteiger partial charge on any atom is 0.255 e. The molecule has 4 nitrogen and oxygen atoms in total. The van der Waals surface area contributed by atoms with Crippen LogP contribution in [-0.2, 0) is 13.1 Å². The second-order valence-corrected chi connectivity index (χ2v) is 4.64. The van der Waals surface area contributed by atoms with Crippen LogP contribution in [0, 0.1) is 6.92 Å². The van der Waals surface area contributed by atoms with Crippen molar-refractivity contribution in [2.45, 2.75) is 26.9 Å². The van der Waals surface area contributed by atoms with Crippen LogP contribution in [0.5, 0.6) is 0 Å². The fourth-order valence-electron chi connectivity index (χ4n) is 1.90. The Hall–Kier alpha value is -1.81. The van der Waals surface area contributed by atoms with E-state index in [0.717, 1.165) is 17.8 Å². The second kappa shape index (κ2) is 5.89. The van der Waals surface area contributed by atoms with Crippen LogP contribution in [0.4, 0.5) is 0 Å². The van der Waals surface area contributed by atoms with E-state index in [4.69, 9.17) is 11.6 Å². The number of carbonyl (C=O) groups is 1. The smallest absolute Gasteiger partial charge is 0.255 e. The molecule has 0 bridgehead atoms. The van der Waals surface area contributed by atoms with Crippen LogP contribution in [0.3, 0.4) is 0 Å². The van der Waals surface area contributed by atoms with Gasteiger partial charge in [-0.3, -0.25) is 9.48 Å². The number of aromatic nitrogens is 2. The molecular weight excluding hydrogens is 262 g/mol. The summed E-state index contributed by atoms with van der Waals surface area (Å²) in [7, 11) is 0. The molecule has 0 atom stereocenters. The first-order valence-corrected chi connectivity index (χ1v) is 6.55. The van der Waals surface area contributed by atoms with Crippen molar-refractivity contribution in [2.75, 3.05) is 0 Å². The van der Waals surface area contributed by atoms with E-state index >= 15 is 0 Å². The average Bonchev–Trinajstić information content (AvgIpc) is 2.78. The zero-order valence-corrected chi connectivity index (χ0v) is 11.7. The number of halogens is 1. The van der Waals surface area contributed by atoms with Gasteiger partial charge < -0.3 is 5.32 Å². The van der Waals surface area contributed by atoms with Crippen LogP contribution in [0.1, 0.15) is 28.5 Å². The maximum atomic E-state index is 12.1. The Bertz CT molecular complexity index is 592. The molecule has 0 saturated heterocycles. The van der Waals surface area contributed by atoms with E-state index in [1.807, 2.05) is 38.1 Å². The third-order valence-corrected chi connectivity index (χ3v) is 3.41. The van der Waals surface area contributed by atoms with Gasteiger partial charge in [0.1, 0.15) is 0 Å². The minimum Gasteiger partial charge on any atom is -0.348 e. The molecule has 0 saturated carbocycles. The van der Waals surface area contributed by atoms with Gasteiger partial charge in [-0.2, -0.15) is 5.10 Å². The highest BCUT2D eigenvalue weighted by Gasteiger charge is 2.13. The molecule has 2 aromatic rings. The molecule has 19 heavy (non-hydrogen) atoms. The van der Waals surface area contributed by atoms with Crippen LogP contribution in [0.25, 0.3) is 0 Å². The quantitative estimate of drug-likeness (QED) is 0.934. The molecule has 0 aliphatic carbocycles. The summed E-state index contributed by atoms with van der Waals surface area (Å²) in [6, 6.07) is 7.46. The van der Waals surface area contributed by atoms with Crippen LogP contribution in [-0.4, -0.2) is 15.7 Å². The number of nitrogens with zero attached hydrogens (tertiary/aromatic N) is 2. The Kier molecular flexibility index (Phi) is 4.22. The molecule has 1 N–H and O–H groups in total. The number of rotatable bonds is 4. The van der Waals surface area contributed by atoms with E-state index in [1.54, 1.807) is 10.9 Å². The van der Waals surface area contributed by atoms with Gasteiger partial charge in [-0.25, -0.2) is 0 Å². The van der Waals surface area contributed by atoms with Gasteiger partial charge >= 0.3 is 0 Å². The molecule has 0 radical (unpaired) electrons. The molecule has 2 rings (SSSR count). The van der Waals surface area contributed by atoms with Crippen molar-refractivity contribution in [3.63, 3.8) is 0 Å². The average molecular weight is 278 g/mol. The summed E-state index contributed by atoms with van der Waals surface area (Å²) in [5.74, 6) is -0.128. The molecule has 0 aliphatic rings. The number of benzene rings is 1. The highest BCUT2D eigenvalue weighted by atomic mass is 35.5. The van der Waals surface area contributed by atoms with Gasteiger partial charge in [0.25, 0.3) is 5.91 Å². The highest BCUT2D eigenvalue weighted by Crippen LogP contribution is 2.15. The van der Waals surface area contributed by atoms with Gasteiger partial charge in [0.05, 0.1) is 11.8 Å². The topological polar surface area (TPSA) is 46.9 Å². The van der Waals surface area contributed by atoms with Gasteiger partial charge in [-0.05, 0) is 25.5 Å². The monoisotopic (exact) mass is 277 g/mol.